The van der Waals surface area contributed by atoms with Gasteiger partial charge in [-0.05, 0) is 11.6 Å². The maximum Gasteiger partial charge on any atom is 0.423 e. The van der Waals surface area contributed by atoms with E-state index in [-0.39, 0.29) is 0 Å². The van der Waals surface area contributed by atoms with Crippen molar-refractivity contribution in [1.29, 1.82) is 0 Å². The summed E-state index contributed by atoms with van der Waals surface area (Å²) in [5.74, 6) is 0. The highest BCUT2D eigenvalue weighted by Crippen LogP contribution is 2.18. The third-order valence-corrected chi connectivity index (χ3v) is 0.276. The van der Waals surface area contributed by atoms with E-state index in [2.05, 4.69) is 16.3 Å². The maximum absolute atomic E-state index is 11.1. The first-order valence-electron chi connectivity index (χ1n) is 1.38. The number of hydrogen-bond acceptors (Lipinski definition) is 3. The van der Waals surface area contributed by atoms with Crippen LogP contribution in [0.5, 0.6) is 0 Å². The van der Waals surface area contributed by atoms with Crippen LogP contribution in [0.2, 0.25) is 0 Å². The van der Waals surface area contributed by atoms with Gasteiger partial charge in [0.05, 0.1) is 0 Å². The second kappa shape index (κ2) is 2.13. The van der Waals surface area contributed by atoms with E-state index in [0.717, 1.165) is 0 Å². The van der Waals surface area contributed by atoms with Crippen molar-refractivity contribution in [3.8, 4) is 0 Å². The Kier molecular flexibility index (Phi) is 1.97. The molecule has 6 heteroatoms. The summed E-state index contributed by atoms with van der Waals surface area (Å²) in [4.78, 5) is 9.12. The van der Waals surface area contributed by atoms with Gasteiger partial charge in [-0.3, -0.25) is 0 Å². The molecule has 0 saturated heterocycles. The summed E-state index contributed by atoms with van der Waals surface area (Å²) in [5.41, 5.74) is -4.17. The van der Waals surface area contributed by atoms with E-state index in [1.807, 2.05) is 0 Å². The van der Waals surface area contributed by atoms with Crippen LogP contribution in [0.25, 0.3) is 0 Å². The van der Waals surface area contributed by atoms with Crippen LogP contribution < -0.4 is 5.11 Å². The highest BCUT2D eigenvalue weighted by Gasteiger charge is 2.22. The van der Waals surface area contributed by atoms with Crippen LogP contribution in [-0.4, -0.2) is 11.7 Å². The van der Waals surface area contributed by atoms with E-state index in [1.54, 1.807) is 0 Å². The Morgan fingerprint density at radius 3 is 2.12 bits per heavy atom. The molecule has 0 radical (unpaired) electrons. The third-order valence-electron chi connectivity index (χ3n) is 0.199. The Labute approximate surface area is 47.8 Å². The second-order valence-corrected chi connectivity index (χ2v) is 1.24. The van der Waals surface area contributed by atoms with Crippen molar-refractivity contribution >= 4 is 17.8 Å². The van der Waals surface area contributed by atoms with Gasteiger partial charge in [-0.2, -0.15) is 8.78 Å². The number of carbonyl (C=O) groups excluding carboxylic acids is 1. The van der Waals surface area contributed by atoms with Gasteiger partial charge >= 0.3 is 5.57 Å². The Hall–Kier alpha value is -0.580. The zero-order valence-electron chi connectivity index (χ0n) is 3.36. The largest absolute Gasteiger partial charge is 0.477 e. The molecule has 0 spiro atoms. The van der Waals surface area contributed by atoms with Crippen LogP contribution in [0.1, 0.15) is 0 Å². The molecule has 0 aromatic heterocycles. The molecule has 0 aliphatic carbocycles. The van der Waals surface area contributed by atoms with Crippen LogP contribution in [0.4, 0.5) is 13.6 Å². The summed E-state index contributed by atoms with van der Waals surface area (Å²) in [5, 5.41) is 9.12. The van der Waals surface area contributed by atoms with E-state index in [9.17, 15) is 8.78 Å². The molecule has 0 aromatic rings. The van der Waals surface area contributed by atoms with E-state index in [4.69, 9.17) is 9.90 Å². The fraction of sp³-hybridized carbons (Fsp3) is 0.500. The molecule has 0 N–H and O–H groups in total. The van der Waals surface area contributed by atoms with E-state index in [1.165, 1.54) is 0 Å². The quantitative estimate of drug-likeness (QED) is 0.389. The van der Waals surface area contributed by atoms with Gasteiger partial charge in [0.2, 0.25) is 0 Å². The van der Waals surface area contributed by atoms with Gasteiger partial charge in [0.25, 0.3) is 6.16 Å². The summed E-state index contributed by atoms with van der Waals surface area (Å²) in [7, 11) is 0. The molecule has 0 heterocycles. The van der Waals surface area contributed by atoms with Crippen molar-refractivity contribution in [3.05, 3.63) is 0 Å². The smallest absolute Gasteiger partial charge is 0.423 e. The van der Waals surface area contributed by atoms with Gasteiger partial charge in [-0.25, -0.2) is 0 Å². The molecule has 0 aromatic carbocycles. The topological polar surface area (TPSA) is 49.4 Å². The van der Waals surface area contributed by atoms with E-state index >= 15 is 0 Å². The molecular formula is C2ClF2O3-. The molecule has 3 nitrogen and oxygen atoms in total. The van der Waals surface area contributed by atoms with Crippen molar-refractivity contribution in [2.75, 3.05) is 0 Å². The Morgan fingerprint density at radius 2 is 2.12 bits per heavy atom. The molecule has 8 heavy (non-hydrogen) atoms. The monoisotopic (exact) mass is 145 g/mol. The second-order valence-electron chi connectivity index (χ2n) is 0.798. The summed E-state index contributed by atoms with van der Waals surface area (Å²) in [6.45, 7) is 0. The van der Waals surface area contributed by atoms with Gasteiger partial charge in [0.1, 0.15) is 0 Å². The first-order chi connectivity index (χ1) is 3.42. The molecular weight excluding hydrogens is 145 g/mol. The van der Waals surface area contributed by atoms with Crippen LogP contribution in [-0.2, 0) is 4.74 Å². The van der Waals surface area contributed by atoms with Crippen LogP contribution >= 0.6 is 11.6 Å². The highest BCUT2D eigenvalue weighted by atomic mass is 35.5. The molecule has 0 unspecified atom stereocenters. The average Bonchev–Trinajstić information content (AvgIpc) is 1.21. The lowest BCUT2D eigenvalue weighted by molar-refractivity contribution is -0.310. The first-order valence-corrected chi connectivity index (χ1v) is 1.76. The van der Waals surface area contributed by atoms with Gasteiger partial charge in [-0.1, -0.05) is 0 Å². The van der Waals surface area contributed by atoms with Gasteiger partial charge < -0.3 is 14.6 Å². The minimum atomic E-state index is -4.17. The summed E-state index contributed by atoms with van der Waals surface area (Å²) in [6.07, 6.45) is -2.36. The number of carboxylic acid groups (broad SMARTS) is 1. The zero-order chi connectivity index (χ0) is 6.78. The highest BCUT2D eigenvalue weighted by molar-refractivity contribution is 6.21. The molecule has 0 amide bonds. The molecule has 0 rings (SSSR count). The number of rotatable bonds is 1. The number of halogens is 3. The first kappa shape index (κ1) is 7.42. The van der Waals surface area contributed by atoms with Crippen molar-refractivity contribution in [2.45, 2.75) is 5.57 Å². The van der Waals surface area contributed by atoms with E-state index in [0.29, 0.717) is 0 Å². The standard InChI is InChI=1S/C2HClF2O3/c3-2(4,5)8-1(6)7/h(H,6,7)/p-1. The molecule has 0 saturated carbocycles. The Balaban J connectivity index is 3.55. The lowest BCUT2D eigenvalue weighted by Gasteiger charge is -2.11. The predicted octanol–water partition coefficient (Wildman–Crippen LogP) is 0.135. The molecule has 0 fully saturated rings. The van der Waals surface area contributed by atoms with E-state index < -0.39 is 11.7 Å². The van der Waals surface area contributed by atoms with Crippen LogP contribution in [0, 0.1) is 0 Å². The Bertz CT molecular complexity index is 97.9. The molecule has 0 bridgehead atoms. The van der Waals surface area contributed by atoms with Gasteiger partial charge in [0.15, 0.2) is 0 Å². The molecule has 0 aliphatic heterocycles. The minimum absolute atomic E-state index is 2.36. The molecule has 0 aliphatic rings. The lowest BCUT2D eigenvalue weighted by atomic mass is 11.3. The summed E-state index contributed by atoms with van der Waals surface area (Å²) in [6, 6.07) is 0. The number of hydrogen-bond donors (Lipinski definition) is 0. The molecule has 48 valence electrons. The van der Waals surface area contributed by atoms with Crippen molar-refractivity contribution in [2.24, 2.45) is 0 Å². The number of carbonyl (C=O) groups is 1. The van der Waals surface area contributed by atoms with Crippen molar-refractivity contribution in [3.63, 3.8) is 0 Å². The SMILES string of the molecule is O=C([O-])OC(F)(F)Cl. The normalized spacial score (nSPS) is 10.9. The fourth-order valence-electron chi connectivity index (χ4n) is 0.0945. The summed E-state index contributed by atoms with van der Waals surface area (Å²) >= 11 is 3.95. The van der Waals surface area contributed by atoms with Crippen LogP contribution in [0.3, 0.4) is 0 Å². The van der Waals surface area contributed by atoms with Crippen molar-refractivity contribution < 1.29 is 23.4 Å². The predicted molar refractivity (Wildman–Crippen MR) is 17.3 cm³/mol. The number of alkyl halides is 3. The average molecular weight is 145 g/mol. The summed E-state index contributed by atoms with van der Waals surface area (Å²) < 4.78 is 24.9. The van der Waals surface area contributed by atoms with Crippen molar-refractivity contribution in [1.82, 2.24) is 0 Å². The van der Waals surface area contributed by atoms with Gasteiger partial charge in [0, 0.05) is 0 Å². The fourth-order valence-corrected chi connectivity index (χ4v) is 0.157. The number of ether oxygens (including phenoxy) is 1. The third kappa shape index (κ3) is 5.42. The maximum atomic E-state index is 11.1. The zero-order valence-corrected chi connectivity index (χ0v) is 4.11. The van der Waals surface area contributed by atoms with Gasteiger partial charge in [-0.15, -0.1) is 0 Å². The van der Waals surface area contributed by atoms with Crippen LogP contribution in [0.15, 0.2) is 0 Å². The Morgan fingerprint density at radius 1 is 1.75 bits per heavy atom. The molecule has 0 atom stereocenters. The minimum Gasteiger partial charge on any atom is -0.477 e. The lowest BCUT2D eigenvalue weighted by Crippen LogP contribution is -2.29.